The highest BCUT2D eigenvalue weighted by Crippen LogP contribution is 2.04. The molecule has 6 heteroatoms. The van der Waals surface area contributed by atoms with Crippen LogP contribution in [0.1, 0.15) is 6.92 Å². The summed E-state index contributed by atoms with van der Waals surface area (Å²) in [6.45, 7) is 1.92. The van der Waals surface area contributed by atoms with E-state index in [1.165, 1.54) is 0 Å². The lowest BCUT2D eigenvalue weighted by atomic mass is 10.0. The van der Waals surface area contributed by atoms with Crippen molar-refractivity contribution in [2.75, 3.05) is 19.7 Å². The Bertz CT molecular complexity index is 146. The summed E-state index contributed by atoms with van der Waals surface area (Å²) in [6.07, 6.45) is -5.64. The maximum absolute atomic E-state index is 9.30. The van der Waals surface area contributed by atoms with Crippen LogP contribution >= 0.6 is 0 Å². The van der Waals surface area contributed by atoms with Gasteiger partial charge in [-0.1, -0.05) is 6.92 Å². The van der Waals surface area contributed by atoms with Crippen LogP contribution in [0.15, 0.2) is 0 Å². The van der Waals surface area contributed by atoms with E-state index in [1.54, 1.807) is 0 Å². The molecule has 0 aromatic rings. The second-order valence-corrected chi connectivity index (χ2v) is 3.11. The highest BCUT2D eigenvalue weighted by atomic mass is 16.4. The first-order chi connectivity index (χ1) is 6.54. The second-order valence-electron chi connectivity index (χ2n) is 3.11. The van der Waals surface area contributed by atoms with Crippen LogP contribution in [0.25, 0.3) is 0 Å². The zero-order chi connectivity index (χ0) is 11.1. The Morgan fingerprint density at radius 3 is 1.93 bits per heavy atom. The molecule has 6 nitrogen and oxygen atoms in total. The van der Waals surface area contributed by atoms with E-state index in [9.17, 15) is 15.3 Å². The molecule has 0 radical (unpaired) electrons. The molecule has 0 aliphatic rings. The van der Waals surface area contributed by atoms with Crippen LogP contribution in [0.2, 0.25) is 0 Å². The van der Waals surface area contributed by atoms with E-state index >= 15 is 0 Å². The number of aliphatic hydroxyl groups is 5. The molecule has 0 saturated carbocycles. The molecule has 86 valence electrons. The van der Waals surface area contributed by atoms with Crippen molar-refractivity contribution in [1.29, 1.82) is 0 Å². The van der Waals surface area contributed by atoms with Crippen LogP contribution in [0, 0.1) is 0 Å². The molecule has 0 fully saturated rings. The average Bonchev–Trinajstić information content (AvgIpc) is 2.22. The molecule has 0 heterocycles. The Hall–Kier alpha value is -0.240. The monoisotopic (exact) mass is 209 g/mol. The molecular formula is C8H19NO5. The Morgan fingerprint density at radius 1 is 1.00 bits per heavy atom. The average molecular weight is 209 g/mol. The molecule has 0 bridgehead atoms. The SMILES string of the molecule is CCNCC(O)C(O)C(O)[C@@H](O)CO. The number of rotatable bonds is 7. The molecule has 6 N–H and O–H groups in total. The lowest BCUT2D eigenvalue weighted by Crippen LogP contribution is -2.49. The summed E-state index contributed by atoms with van der Waals surface area (Å²) in [5.41, 5.74) is 0. The lowest BCUT2D eigenvalue weighted by molar-refractivity contribution is -0.113. The number of likely N-dealkylation sites (N-methyl/N-ethyl adjacent to an activating group) is 1. The maximum Gasteiger partial charge on any atom is 0.111 e. The van der Waals surface area contributed by atoms with Crippen LogP contribution in [-0.4, -0.2) is 69.6 Å². The van der Waals surface area contributed by atoms with E-state index in [-0.39, 0.29) is 6.54 Å². The molecule has 0 saturated heterocycles. The Kier molecular flexibility index (Phi) is 6.98. The predicted octanol–water partition coefficient (Wildman–Crippen LogP) is -2.97. The normalized spacial score (nSPS) is 20.1. The van der Waals surface area contributed by atoms with Gasteiger partial charge in [0.05, 0.1) is 12.7 Å². The van der Waals surface area contributed by atoms with Gasteiger partial charge in [0, 0.05) is 6.54 Å². The van der Waals surface area contributed by atoms with Gasteiger partial charge in [-0.3, -0.25) is 0 Å². The number of nitrogens with one attached hydrogen (secondary N) is 1. The van der Waals surface area contributed by atoms with Crippen LogP contribution in [0.5, 0.6) is 0 Å². The third kappa shape index (κ3) is 4.32. The van der Waals surface area contributed by atoms with Crippen molar-refractivity contribution in [2.45, 2.75) is 31.3 Å². The summed E-state index contributed by atoms with van der Waals surface area (Å²) in [4.78, 5) is 0. The zero-order valence-electron chi connectivity index (χ0n) is 8.17. The zero-order valence-corrected chi connectivity index (χ0v) is 8.17. The van der Waals surface area contributed by atoms with Crippen LogP contribution in [0.4, 0.5) is 0 Å². The summed E-state index contributed by atoms with van der Waals surface area (Å²) < 4.78 is 0. The quantitative estimate of drug-likeness (QED) is 0.267. The minimum atomic E-state index is -1.55. The summed E-state index contributed by atoms with van der Waals surface area (Å²) in [5.74, 6) is 0. The first-order valence-corrected chi connectivity index (χ1v) is 4.58. The highest BCUT2D eigenvalue weighted by Gasteiger charge is 2.29. The first-order valence-electron chi connectivity index (χ1n) is 4.58. The van der Waals surface area contributed by atoms with Crippen molar-refractivity contribution in [3.63, 3.8) is 0 Å². The van der Waals surface area contributed by atoms with Gasteiger partial charge in [0.25, 0.3) is 0 Å². The first kappa shape index (κ1) is 13.8. The largest absolute Gasteiger partial charge is 0.394 e. The molecule has 14 heavy (non-hydrogen) atoms. The van der Waals surface area contributed by atoms with E-state index < -0.39 is 31.0 Å². The smallest absolute Gasteiger partial charge is 0.111 e. The van der Waals surface area contributed by atoms with Gasteiger partial charge in [0.1, 0.15) is 18.3 Å². The van der Waals surface area contributed by atoms with Crippen molar-refractivity contribution in [3.8, 4) is 0 Å². The molecule has 0 spiro atoms. The Balaban J connectivity index is 3.95. The summed E-state index contributed by atoms with van der Waals surface area (Å²) in [6, 6.07) is 0. The van der Waals surface area contributed by atoms with Crippen LogP contribution < -0.4 is 5.32 Å². The summed E-state index contributed by atoms with van der Waals surface area (Å²) >= 11 is 0. The van der Waals surface area contributed by atoms with Crippen molar-refractivity contribution in [2.24, 2.45) is 0 Å². The fraction of sp³-hybridized carbons (Fsp3) is 1.00. The fourth-order valence-electron chi connectivity index (χ4n) is 0.976. The van der Waals surface area contributed by atoms with Gasteiger partial charge in [0.2, 0.25) is 0 Å². The summed E-state index contributed by atoms with van der Waals surface area (Å²) in [7, 11) is 0. The van der Waals surface area contributed by atoms with Crippen LogP contribution in [0.3, 0.4) is 0 Å². The molecule has 0 aliphatic heterocycles. The van der Waals surface area contributed by atoms with Gasteiger partial charge in [0.15, 0.2) is 0 Å². The van der Waals surface area contributed by atoms with E-state index in [2.05, 4.69) is 5.32 Å². The molecule has 0 aromatic heterocycles. The van der Waals surface area contributed by atoms with E-state index in [1.807, 2.05) is 6.92 Å². The van der Waals surface area contributed by atoms with Crippen molar-refractivity contribution < 1.29 is 25.5 Å². The standard InChI is InChI=1S/C8H19NO5/c1-2-9-3-5(11)7(13)8(14)6(12)4-10/h5-14H,2-4H2,1H3/t5?,6-,7?,8?/m0/s1. The topological polar surface area (TPSA) is 113 Å². The van der Waals surface area contributed by atoms with Crippen LogP contribution in [-0.2, 0) is 0 Å². The van der Waals surface area contributed by atoms with E-state index in [0.29, 0.717) is 6.54 Å². The molecule has 0 aromatic carbocycles. The van der Waals surface area contributed by atoms with Crippen molar-refractivity contribution in [3.05, 3.63) is 0 Å². The number of hydrogen-bond donors (Lipinski definition) is 6. The Labute approximate surface area is 82.8 Å². The molecular weight excluding hydrogens is 190 g/mol. The minimum Gasteiger partial charge on any atom is -0.394 e. The molecule has 0 amide bonds. The third-order valence-corrected chi connectivity index (χ3v) is 1.93. The highest BCUT2D eigenvalue weighted by molar-refractivity contribution is 4.81. The molecule has 0 aliphatic carbocycles. The van der Waals surface area contributed by atoms with Gasteiger partial charge >= 0.3 is 0 Å². The van der Waals surface area contributed by atoms with Gasteiger partial charge in [-0.2, -0.15) is 0 Å². The predicted molar refractivity (Wildman–Crippen MR) is 49.7 cm³/mol. The van der Waals surface area contributed by atoms with E-state index in [4.69, 9.17) is 10.2 Å². The molecule has 4 atom stereocenters. The second kappa shape index (κ2) is 7.10. The van der Waals surface area contributed by atoms with Crippen molar-refractivity contribution in [1.82, 2.24) is 5.32 Å². The van der Waals surface area contributed by atoms with Gasteiger partial charge in [-0.05, 0) is 6.54 Å². The summed E-state index contributed by atoms with van der Waals surface area (Å²) in [5, 5.41) is 48.1. The van der Waals surface area contributed by atoms with Gasteiger partial charge < -0.3 is 30.8 Å². The Morgan fingerprint density at radius 2 is 1.50 bits per heavy atom. The molecule has 0 rings (SSSR count). The number of aliphatic hydroxyl groups excluding tert-OH is 5. The van der Waals surface area contributed by atoms with Gasteiger partial charge in [-0.15, -0.1) is 0 Å². The maximum atomic E-state index is 9.30. The van der Waals surface area contributed by atoms with E-state index in [0.717, 1.165) is 0 Å². The lowest BCUT2D eigenvalue weighted by Gasteiger charge is -2.25. The minimum absolute atomic E-state index is 0.118. The fourth-order valence-corrected chi connectivity index (χ4v) is 0.976. The van der Waals surface area contributed by atoms with Crippen molar-refractivity contribution >= 4 is 0 Å². The molecule has 3 unspecified atom stereocenters. The van der Waals surface area contributed by atoms with Gasteiger partial charge in [-0.25, -0.2) is 0 Å². The third-order valence-electron chi connectivity index (χ3n) is 1.93. The number of hydrogen-bond acceptors (Lipinski definition) is 6.